The number of nitrogen functional groups attached to an aromatic ring is 1. The minimum absolute atomic E-state index is 0.598. The van der Waals surface area contributed by atoms with E-state index in [9.17, 15) is 13.0 Å². The van der Waals surface area contributed by atoms with Gasteiger partial charge in [0.1, 0.15) is 0 Å². The molecule has 0 atom stereocenters. The molecule has 2 aliphatic carbocycles. The zero-order valence-corrected chi connectivity index (χ0v) is 14.6. The van der Waals surface area contributed by atoms with Crippen LogP contribution in [-0.4, -0.2) is 29.9 Å². The van der Waals surface area contributed by atoms with E-state index in [4.69, 9.17) is 10.9 Å². The topological polar surface area (TPSA) is 114 Å². The largest absolute Gasteiger partial charge is 0.726 e. The molecule has 0 aromatic carbocycles. The molecular formula is C14H26N4O4S. The zero-order chi connectivity index (χ0) is 17.0. The van der Waals surface area contributed by atoms with Crippen molar-refractivity contribution in [2.75, 3.05) is 13.0 Å². The highest BCUT2D eigenvalue weighted by Gasteiger charge is 2.35. The molecule has 2 saturated carbocycles. The van der Waals surface area contributed by atoms with Crippen LogP contribution in [0.4, 0.5) is 0 Å². The molecule has 2 aliphatic rings. The molecule has 0 bridgehead atoms. The van der Waals surface area contributed by atoms with Crippen LogP contribution in [0.5, 0.6) is 0 Å². The van der Waals surface area contributed by atoms with Gasteiger partial charge in [0.05, 0.1) is 26.0 Å². The van der Waals surface area contributed by atoms with Crippen LogP contribution in [-0.2, 0) is 21.6 Å². The minimum Gasteiger partial charge on any atom is -0.726 e. The molecule has 1 heterocycles. The van der Waals surface area contributed by atoms with Crippen molar-refractivity contribution in [1.82, 2.24) is 9.78 Å². The molecule has 0 spiro atoms. The fourth-order valence-corrected chi connectivity index (χ4v) is 3.63. The molecule has 1 aromatic rings. The third kappa shape index (κ3) is 4.65. The Balaban J connectivity index is 0.000000277. The van der Waals surface area contributed by atoms with E-state index in [2.05, 4.69) is 11.2 Å². The maximum absolute atomic E-state index is 9.22. The Kier molecular flexibility index (Phi) is 5.99. The van der Waals surface area contributed by atoms with Crippen LogP contribution >= 0.6 is 0 Å². The molecule has 23 heavy (non-hydrogen) atoms. The van der Waals surface area contributed by atoms with Crippen LogP contribution in [0.3, 0.4) is 0 Å². The van der Waals surface area contributed by atoms with Crippen LogP contribution in [0.1, 0.15) is 74.9 Å². The fraction of sp³-hybridized carbons (Fsp3) is 0.857. The molecule has 0 radical (unpaired) electrons. The molecule has 2 N–H and O–H groups in total. The first-order valence-corrected chi connectivity index (χ1v) is 9.42. The van der Waals surface area contributed by atoms with Crippen molar-refractivity contribution in [2.24, 2.45) is 7.05 Å². The van der Waals surface area contributed by atoms with Gasteiger partial charge in [-0.05, 0) is 25.7 Å². The molecular weight excluding hydrogens is 320 g/mol. The van der Waals surface area contributed by atoms with Gasteiger partial charge in [-0.25, -0.2) is 8.42 Å². The van der Waals surface area contributed by atoms with Crippen molar-refractivity contribution in [3.63, 3.8) is 0 Å². The number of aryl methyl sites for hydroxylation is 1. The Labute approximate surface area is 137 Å². The highest BCUT2D eigenvalue weighted by molar-refractivity contribution is 7.80. The van der Waals surface area contributed by atoms with E-state index < -0.39 is 10.4 Å². The fourth-order valence-electron chi connectivity index (χ4n) is 3.63. The highest BCUT2D eigenvalue weighted by Crippen LogP contribution is 2.35. The van der Waals surface area contributed by atoms with Crippen molar-refractivity contribution in [3.05, 3.63) is 11.6 Å². The molecule has 0 amide bonds. The van der Waals surface area contributed by atoms with Gasteiger partial charge in [-0.1, -0.05) is 25.7 Å². The second kappa shape index (κ2) is 7.59. The van der Waals surface area contributed by atoms with E-state index in [0.717, 1.165) is 12.9 Å². The average Bonchev–Trinajstić information content (AvgIpc) is 3.20. The molecule has 0 aliphatic heterocycles. The van der Waals surface area contributed by atoms with Gasteiger partial charge in [0.2, 0.25) is 10.4 Å². The second-order valence-electron chi connectivity index (χ2n) is 6.25. The first kappa shape index (κ1) is 18.2. The Bertz CT molecular complexity index is 617. The molecule has 0 unspecified atom stereocenters. The van der Waals surface area contributed by atoms with E-state index in [1.807, 2.05) is 9.36 Å². The monoisotopic (exact) mass is 346 g/mol. The van der Waals surface area contributed by atoms with Gasteiger partial charge in [0.15, 0.2) is 0 Å². The third-order valence-electron chi connectivity index (χ3n) is 4.72. The summed E-state index contributed by atoms with van der Waals surface area (Å²) in [7, 11) is -1.55. The lowest BCUT2D eigenvalue weighted by Gasteiger charge is -2.06. The zero-order valence-electron chi connectivity index (χ0n) is 13.8. The van der Waals surface area contributed by atoms with Crippen LogP contribution in [0.2, 0.25) is 0 Å². The van der Waals surface area contributed by atoms with Gasteiger partial charge in [-0.2, -0.15) is 0 Å². The standard InChI is InChI=1S/C13H23N4.CH4O4S/c1-16-13(11-8-4-5-9-11)17(14)12(15-16)10-6-2-3-7-10;1-5-6(2,3)4/h10-11H,2-9,14H2,1H3;1H3,(H,2,3,4)/q+1;/p-1. The molecule has 2 fully saturated rings. The summed E-state index contributed by atoms with van der Waals surface area (Å²) in [5.74, 6) is 9.89. The lowest BCUT2D eigenvalue weighted by molar-refractivity contribution is -0.658. The predicted octanol–water partition coefficient (Wildman–Crippen LogP) is 0.830. The lowest BCUT2D eigenvalue weighted by atomic mass is 10.1. The van der Waals surface area contributed by atoms with E-state index in [1.54, 1.807) is 0 Å². The summed E-state index contributed by atoms with van der Waals surface area (Å²) in [5, 5.41) is 4.69. The lowest BCUT2D eigenvalue weighted by Crippen LogP contribution is -2.51. The van der Waals surface area contributed by atoms with Crippen molar-refractivity contribution in [2.45, 2.75) is 63.2 Å². The van der Waals surface area contributed by atoms with Crippen molar-refractivity contribution in [1.29, 1.82) is 0 Å². The maximum atomic E-state index is 9.22. The number of hydrogen-bond donors (Lipinski definition) is 1. The van der Waals surface area contributed by atoms with Crippen LogP contribution in [0.15, 0.2) is 0 Å². The number of aromatic nitrogens is 3. The summed E-state index contributed by atoms with van der Waals surface area (Å²) in [4.78, 5) is 0. The van der Waals surface area contributed by atoms with E-state index >= 15 is 0 Å². The number of hydrogen-bond acceptors (Lipinski definition) is 6. The molecule has 9 heteroatoms. The first-order valence-electron chi connectivity index (χ1n) is 8.09. The summed E-state index contributed by atoms with van der Waals surface area (Å²) >= 11 is 0. The third-order valence-corrected chi connectivity index (χ3v) is 5.13. The quantitative estimate of drug-likeness (QED) is 0.375. The van der Waals surface area contributed by atoms with Crippen LogP contribution in [0.25, 0.3) is 0 Å². The smallest absolute Gasteiger partial charge is 0.302 e. The van der Waals surface area contributed by atoms with Gasteiger partial charge in [-0.3, -0.25) is 10.0 Å². The molecule has 132 valence electrons. The van der Waals surface area contributed by atoms with E-state index in [1.165, 1.54) is 57.2 Å². The average molecular weight is 346 g/mol. The summed E-state index contributed by atoms with van der Waals surface area (Å²) < 4.78 is 35.0. The Morgan fingerprint density at radius 1 is 1.17 bits per heavy atom. The number of nitrogens with zero attached hydrogens (tertiary/aromatic N) is 3. The maximum Gasteiger partial charge on any atom is 0.302 e. The first-order chi connectivity index (χ1) is 10.8. The minimum atomic E-state index is -4.41. The molecule has 1 aromatic heterocycles. The summed E-state index contributed by atoms with van der Waals surface area (Å²) in [6.45, 7) is 0. The van der Waals surface area contributed by atoms with Crippen LogP contribution in [0, 0.1) is 0 Å². The Morgan fingerprint density at radius 3 is 2.04 bits per heavy atom. The van der Waals surface area contributed by atoms with Gasteiger partial charge in [0, 0.05) is 5.10 Å². The van der Waals surface area contributed by atoms with E-state index in [0.29, 0.717) is 11.8 Å². The van der Waals surface area contributed by atoms with Gasteiger partial charge >= 0.3 is 5.82 Å². The van der Waals surface area contributed by atoms with Crippen molar-refractivity contribution in [3.8, 4) is 0 Å². The molecule has 3 rings (SSSR count). The Hall–Kier alpha value is -1.19. The summed E-state index contributed by atoms with van der Waals surface area (Å²) in [6.07, 6.45) is 10.4. The predicted molar refractivity (Wildman–Crippen MR) is 82.7 cm³/mol. The summed E-state index contributed by atoms with van der Waals surface area (Å²) in [5.41, 5.74) is 0. The molecule has 8 nitrogen and oxygen atoms in total. The van der Waals surface area contributed by atoms with Gasteiger partial charge in [0.25, 0.3) is 5.82 Å². The van der Waals surface area contributed by atoms with E-state index in [-0.39, 0.29) is 0 Å². The summed E-state index contributed by atoms with van der Waals surface area (Å²) in [6, 6.07) is 0. The van der Waals surface area contributed by atoms with Gasteiger partial charge < -0.3 is 4.55 Å². The molecule has 0 saturated heterocycles. The Morgan fingerprint density at radius 2 is 1.61 bits per heavy atom. The highest BCUT2D eigenvalue weighted by atomic mass is 32.3. The van der Waals surface area contributed by atoms with Crippen LogP contribution < -0.4 is 10.5 Å². The van der Waals surface area contributed by atoms with Gasteiger partial charge in [-0.15, -0.1) is 9.36 Å². The normalized spacial score (nSPS) is 19.8. The number of rotatable bonds is 3. The van der Waals surface area contributed by atoms with Crippen molar-refractivity contribution < 1.29 is 21.8 Å². The van der Waals surface area contributed by atoms with Crippen molar-refractivity contribution >= 4 is 10.4 Å². The number of nitrogens with two attached hydrogens (primary N) is 1. The second-order valence-corrected chi connectivity index (χ2v) is 7.40. The SMILES string of the molecule is COS(=O)(=O)[O-].Cn1nc(C2CCCC2)[n+](N)c1C1CCCC1.